The van der Waals surface area contributed by atoms with Crippen LogP contribution >= 0.6 is 0 Å². The number of rotatable bonds is 4. The summed E-state index contributed by atoms with van der Waals surface area (Å²) in [6.07, 6.45) is 0.0472. The molecule has 0 radical (unpaired) electrons. The molecular formula is C15H20N2O2. The van der Waals surface area contributed by atoms with Gasteiger partial charge in [-0.1, -0.05) is 26.8 Å². The lowest BCUT2D eigenvalue weighted by atomic mass is 9.87. The minimum atomic E-state index is -0.460. The monoisotopic (exact) mass is 260 g/mol. The Morgan fingerprint density at radius 3 is 2.74 bits per heavy atom. The number of carbonyl (C=O) groups excluding carboxylic acids is 1. The maximum absolute atomic E-state index is 11.8. The Morgan fingerprint density at radius 2 is 2.16 bits per heavy atom. The first-order valence-electron chi connectivity index (χ1n) is 6.31. The summed E-state index contributed by atoms with van der Waals surface area (Å²) in [5.74, 6) is -0.224. The van der Waals surface area contributed by atoms with Crippen LogP contribution in [0.4, 0.5) is 0 Å². The number of nitrogens with one attached hydrogen (secondary N) is 1. The van der Waals surface area contributed by atoms with Gasteiger partial charge in [0.05, 0.1) is 17.7 Å². The molecule has 0 bridgehead atoms. The van der Waals surface area contributed by atoms with E-state index in [1.54, 1.807) is 24.3 Å². The molecule has 0 aromatic heterocycles. The van der Waals surface area contributed by atoms with E-state index in [-0.39, 0.29) is 11.3 Å². The highest BCUT2D eigenvalue weighted by Gasteiger charge is 2.21. The molecule has 19 heavy (non-hydrogen) atoms. The van der Waals surface area contributed by atoms with Gasteiger partial charge < -0.3 is 10.4 Å². The molecule has 2 N–H and O–H groups in total. The molecular weight excluding hydrogens is 240 g/mol. The summed E-state index contributed by atoms with van der Waals surface area (Å²) in [4.78, 5) is 11.8. The third-order valence-electron chi connectivity index (χ3n) is 2.96. The molecule has 1 atom stereocenters. The standard InChI is InChI=1S/C15H20N2O2/c1-15(2,3)13(18)7-8-17-14(19)12-6-4-5-11(9-12)10-16/h4-6,9,13,18H,7-8H2,1-3H3,(H,17,19)/t13-/m1/s1. The van der Waals surface area contributed by atoms with Crippen molar-refractivity contribution in [3.63, 3.8) is 0 Å². The SMILES string of the molecule is CC(C)(C)[C@H](O)CCNC(=O)c1cccc(C#N)c1. The first-order valence-corrected chi connectivity index (χ1v) is 6.31. The summed E-state index contributed by atoms with van der Waals surface area (Å²) >= 11 is 0. The molecule has 102 valence electrons. The summed E-state index contributed by atoms with van der Waals surface area (Å²) in [6, 6.07) is 8.54. The summed E-state index contributed by atoms with van der Waals surface area (Å²) in [5.41, 5.74) is 0.734. The van der Waals surface area contributed by atoms with E-state index in [0.717, 1.165) is 0 Å². The number of hydrogen-bond donors (Lipinski definition) is 2. The maximum atomic E-state index is 11.8. The van der Waals surface area contributed by atoms with E-state index in [1.165, 1.54) is 0 Å². The normalized spacial score (nSPS) is 12.6. The Morgan fingerprint density at radius 1 is 1.47 bits per heavy atom. The van der Waals surface area contributed by atoms with Crippen LogP contribution in [0.15, 0.2) is 24.3 Å². The first-order chi connectivity index (χ1) is 8.84. The van der Waals surface area contributed by atoms with Gasteiger partial charge in [-0.05, 0) is 30.0 Å². The molecule has 0 aliphatic carbocycles. The highest BCUT2D eigenvalue weighted by atomic mass is 16.3. The molecule has 4 nitrogen and oxygen atoms in total. The lowest BCUT2D eigenvalue weighted by molar-refractivity contribution is 0.0551. The predicted octanol–water partition coefficient (Wildman–Crippen LogP) is 2.09. The zero-order valence-electron chi connectivity index (χ0n) is 11.6. The largest absolute Gasteiger partial charge is 0.393 e. The van der Waals surface area contributed by atoms with Crippen molar-refractivity contribution in [2.75, 3.05) is 6.54 Å². The Bertz CT molecular complexity index is 484. The molecule has 0 fully saturated rings. The summed E-state index contributed by atoms with van der Waals surface area (Å²) < 4.78 is 0. The molecule has 0 spiro atoms. The fourth-order valence-electron chi connectivity index (χ4n) is 1.59. The second-order valence-corrected chi connectivity index (χ2v) is 5.62. The molecule has 4 heteroatoms. The third-order valence-corrected chi connectivity index (χ3v) is 2.96. The fourth-order valence-corrected chi connectivity index (χ4v) is 1.59. The van der Waals surface area contributed by atoms with Crippen LogP contribution in [-0.2, 0) is 0 Å². The van der Waals surface area contributed by atoms with Crippen molar-refractivity contribution in [2.45, 2.75) is 33.3 Å². The molecule has 1 aromatic carbocycles. The molecule has 1 rings (SSSR count). The van der Waals surface area contributed by atoms with Gasteiger partial charge in [0.1, 0.15) is 0 Å². The minimum Gasteiger partial charge on any atom is -0.393 e. The lowest BCUT2D eigenvalue weighted by Gasteiger charge is -2.25. The van der Waals surface area contributed by atoms with Crippen LogP contribution in [0.3, 0.4) is 0 Å². The second-order valence-electron chi connectivity index (χ2n) is 5.62. The van der Waals surface area contributed by atoms with Gasteiger partial charge in [0, 0.05) is 12.1 Å². The van der Waals surface area contributed by atoms with Crippen molar-refractivity contribution < 1.29 is 9.90 Å². The molecule has 0 saturated heterocycles. The molecule has 0 saturated carbocycles. The molecule has 0 heterocycles. The number of aliphatic hydroxyl groups is 1. The highest BCUT2D eigenvalue weighted by molar-refractivity contribution is 5.94. The van der Waals surface area contributed by atoms with Crippen LogP contribution in [0.25, 0.3) is 0 Å². The predicted molar refractivity (Wildman–Crippen MR) is 73.6 cm³/mol. The van der Waals surface area contributed by atoms with Crippen LogP contribution in [0.2, 0.25) is 0 Å². The lowest BCUT2D eigenvalue weighted by Crippen LogP contribution is -2.32. The van der Waals surface area contributed by atoms with Crippen molar-refractivity contribution >= 4 is 5.91 Å². The van der Waals surface area contributed by atoms with Gasteiger partial charge >= 0.3 is 0 Å². The average molecular weight is 260 g/mol. The summed E-state index contributed by atoms with van der Waals surface area (Å²) in [7, 11) is 0. The van der Waals surface area contributed by atoms with Gasteiger partial charge in [-0.3, -0.25) is 4.79 Å². The molecule has 0 unspecified atom stereocenters. The van der Waals surface area contributed by atoms with Gasteiger partial charge in [0.25, 0.3) is 5.91 Å². The fraction of sp³-hybridized carbons (Fsp3) is 0.467. The van der Waals surface area contributed by atoms with Crippen molar-refractivity contribution in [1.82, 2.24) is 5.32 Å². The van der Waals surface area contributed by atoms with Gasteiger partial charge in [-0.2, -0.15) is 5.26 Å². The first kappa shape index (κ1) is 15.2. The van der Waals surface area contributed by atoms with Crippen molar-refractivity contribution in [2.24, 2.45) is 5.41 Å². The smallest absolute Gasteiger partial charge is 0.251 e. The van der Waals surface area contributed by atoms with Gasteiger partial charge in [-0.25, -0.2) is 0 Å². The molecule has 0 aliphatic heterocycles. The zero-order chi connectivity index (χ0) is 14.5. The third kappa shape index (κ3) is 4.72. The van der Waals surface area contributed by atoms with Gasteiger partial charge in [0.2, 0.25) is 0 Å². The van der Waals surface area contributed by atoms with Crippen molar-refractivity contribution in [1.29, 1.82) is 5.26 Å². The van der Waals surface area contributed by atoms with E-state index in [1.807, 2.05) is 26.8 Å². The van der Waals surface area contributed by atoms with E-state index >= 15 is 0 Å². The highest BCUT2D eigenvalue weighted by Crippen LogP contribution is 2.20. The number of nitrogens with zero attached hydrogens (tertiary/aromatic N) is 1. The molecule has 0 aliphatic rings. The van der Waals surface area contributed by atoms with E-state index in [0.29, 0.717) is 24.1 Å². The van der Waals surface area contributed by atoms with Crippen LogP contribution in [0.5, 0.6) is 0 Å². The van der Waals surface area contributed by atoms with Crippen LogP contribution in [0.1, 0.15) is 43.1 Å². The number of amides is 1. The van der Waals surface area contributed by atoms with Crippen molar-refractivity contribution in [3.05, 3.63) is 35.4 Å². The topological polar surface area (TPSA) is 73.1 Å². The Labute approximate surface area is 114 Å². The van der Waals surface area contributed by atoms with Gasteiger partial charge in [-0.15, -0.1) is 0 Å². The number of aliphatic hydroxyl groups excluding tert-OH is 1. The number of benzene rings is 1. The van der Waals surface area contributed by atoms with Crippen LogP contribution in [0, 0.1) is 16.7 Å². The minimum absolute atomic E-state index is 0.189. The Hall–Kier alpha value is -1.86. The van der Waals surface area contributed by atoms with Crippen LogP contribution < -0.4 is 5.32 Å². The number of nitriles is 1. The van der Waals surface area contributed by atoms with E-state index in [9.17, 15) is 9.90 Å². The average Bonchev–Trinajstić information content (AvgIpc) is 2.37. The quantitative estimate of drug-likeness (QED) is 0.870. The molecule has 1 aromatic rings. The van der Waals surface area contributed by atoms with Gasteiger partial charge in [0.15, 0.2) is 0 Å². The number of hydrogen-bond acceptors (Lipinski definition) is 3. The van der Waals surface area contributed by atoms with E-state index in [2.05, 4.69) is 5.32 Å². The van der Waals surface area contributed by atoms with Crippen molar-refractivity contribution in [3.8, 4) is 6.07 Å². The summed E-state index contributed by atoms with van der Waals surface area (Å²) in [5, 5.41) is 21.4. The summed E-state index contributed by atoms with van der Waals surface area (Å²) in [6.45, 7) is 6.27. The number of carbonyl (C=O) groups is 1. The van der Waals surface area contributed by atoms with Crippen LogP contribution in [-0.4, -0.2) is 23.7 Å². The zero-order valence-corrected chi connectivity index (χ0v) is 11.6. The Balaban J connectivity index is 2.50. The second kappa shape index (κ2) is 6.35. The van der Waals surface area contributed by atoms with E-state index < -0.39 is 6.10 Å². The molecule has 1 amide bonds. The maximum Gasteiger partial charge on any atom is 0.251 e. The van der Waals surface area contributed by atoms with E-state index in [4.69, 9.17) is 5.26 Å². The Kier molecular flexibility index (Phi) is 5.08.